The highest BCUT2D eigenvalue weighted by molar-refractivity contribution is 7.22. The Kier molecular flexibility index (Phi) is 5.45. The van der Waals surface area contributed by atoms with Gasteiger partial charge in [-0.25, -0.2) is 14.7 Å². The third kappa shape index (κ3) is 3.89. The van der Waals surface area contributed by atoms with E-state index >= 15 is 0 Å². The highest BCUT2D eigenvalue weighted by Crippen LogP contribution is 2.35. The Hall–Kier alpha value is -3.52. The summed E-state index contributed by atoms with van der Waals surface area (Å²) in [5, 5.41) is 6.07. The first-order valence-corrected chi connectivity index (χ1v) is 11.5. The average molecular weight is 447 g/mol. The lowest BCUT2D eigenvalue weighted by Gasteiger charge is -2.13. The van der Waals surface area contributed by atoms with Crippen molar-refractivity contribution in [2.24, 2.45) is 0 Å². The van der Waals surface area contributed by atoms with Crippen molar-refractivity contribution in [3.63, 3.8) is 0 Å². The van der Waals surface area contributed by atoms with E-state index in [2.05, 4.69) is 21.7 Å². The quantitative estimate of drug-likeness (QED) is 0.421. The highest BCUT2D eigenvalue weighted by Gasteiger charge is 2.38. The second kappa shape index (κ2) is 8.55. The number of urea groups is 1. The molecule has 0 fully saturated rings. The summed E-state index contributed by atoms with van der Waals surface area (Å²) in [6, 6.07) is 11.8. The van der Waals surface area contributed by atoms with Crippen LogP contribution in [0.15, 0.2) is 54.1 Å². The van der Waals surface area contributed by atoms with Gasteiger partial charge in [0.25, 0.3) is 11.8 Å². The van der Waals surface area contributed by atoms with E-state index < -0.39 is 0 Å². The van der Waals surface area contributed by atoms with Gasteiger partial charge in [0.1, 0.15) is 0 Å². The van der Waals surface area contributed by atoms with Crippen LogP contribution in [0.2, 0.25) is 0 Å². The number of fused-ring (bicyclic) bond motifs is 2. The molecule has 2 N–H and O–H groups in total. The fourth-order valence-electron chi connectivity index (χ4n) is 4.09. The minimum atomic E-state index is -0.365. The maximum Gasteiger partial charge on any atom is 0.319 e. The molecule has 0 saturated heterocycles. The number of hydrogen-bond acceptors (Lipinski definition) is 5. The van der Waals surface area contributed by atoms with Crippen LogP contribution in [-0.4, -0.2) is 29.4 Å². The molecular formula is C24H22N4O3S. The molecule has 3 aromatic rings. The van der Waals surface area contributed by atoms with E-state index in [1.807, 2.05) is 0 Å². The number of thiazole rings is 1. The number of anilines is 2. The standard InChI is InChI=1S/C24H22N4O3S/c29-21-17-8-4-5-9-18(17)22(30)28(21)24-27-19-11-10-16(14-20(19)32-24)26-23(31)25-13-12-15-6-2-1-3-7-15/h4-6,8-11,14H,1-3,7,12-13H2,(H2,25,26,31). The topological polar surface area (TPSA) is 91.4 Å². The van der Waals surface area contributed by atoms with Crippen LogP contribution in [0.3, 0.4) is 0 Å². The molecule has 2 aromatic carbocycles. The van der Waals surface area contributed by atoms with Crippen molar-refractivity contribution in [3.05, 3.63) is 65.2 Å². The lowest BCUT2D eigenvalue weighted by molar-refractivity contribution is 0.0926. The number of nitrogens with one attached hydrogen (secondary N) is 2. The van der Waals surface area contributed by atoms with Gasteiger partial charge in [0, 0.05) is 12.2 Å². The van der Waals surface area contributed by atoms with Crippen LogP contribution in [0.25, 0.3) is 10.2 Å². The lowest BCUT2D eigenvalue weighted by atomic mass is 9.97. The number of nitrogens with zero attached hydrogens (tertiary/aromatic N) is 2. The van der Waals surface area contributed by atoms with E-state index in [-0.39, 0.29) is 17.8 Å². The SMILES string of the molecule is O=C(NCCC1=CCCCC1)Nc1ccc2nc(N3C(=O)c4ccccc4C3=O)sc2c1. The van der Waals surface area contributed by atoms with Gasteiger partial charge in [-0.2, -0.15) is 0 Å². The predicted molar refractivity (Wildman–Crippen MR) is 125 cm³/mol. The van der Waals surface area contributed by atoms with Gasteiger partial charge >= 0.3 is 6.03 Å². The lowest BCUT2D eigenvalue weighted by Crippen LogP contribution is -2.29. The summed E-state index contributed by atoms with van der Waals surface area (Å²) in [5.41, 5.74) is 3.49. The van der Waals surface area contributed by atoms with Crippen LogP contribution in [0.4, 0.5) is 15.6 Å². The summed E-state index contributed by atoms with van der Waals surface area (Å²) in [6.07, 6.45) is 7.92. The van der Waals surface area contributed by atoms with Crippen molar-refractivity contribution in [3.8, 4) is 0 Å². The number of imide groups is 1. The molecule has 0 unspecified atom stereocenters. The molecule has 1 aromatic heterocycles. The Morgan fingerprint density at radius 2 is 1.84 bits per heavy atom. The van der Waals surface area contributed by atoms with Crippen LogP contribution in [0, 0.1) is 0 Å². The molecular weight excluding hydrogens is 424 g/mol. The Morgan fingerprint density at radius 3 is 2.56 bits per heavy atom. The van der Waals surface area contributed by atoms with Gasteiger partial charge in [0.2, 0.25) is 5.13 Å². The molecule has 5 rings (SSSR count). The van der Waals surface area contributed by atoms with Crippen molar-refractivity contribution in [2.75, 3.05) is 16.8 Å². The molecule has 1 aliphatic carbocycles. The summed E-state index contributed by atoms with van der Waals surface area (Å²) in [6.45, 7) is 0.602. The molecule has 2 heterocycles. The molecule has 1 aliphatic heterocycles. The molecule has 32 heavy (non-hydrogen) atoms. The zero-order chi connectivity index (χ0) is 22.1. The van der Waals surface area contributed by atoms with E-state index in [4.69, 9.17) is 0 Å². The first kappa shape index (κ1) is 20.4. The second-order valence-corrected chi connectivity index (χ2v) is 8.92. The molecule has 2 aliphatic rings. The van der Waals surface area contributed by atoms with E-state index in [1.54, 1.807) is 42.5 Å². The Balaban J connectivity index is 1.26. The zero-order valence-corrected chi connectivity index (χ0v) is 18.2. The van der Waals surface area contributed by atoms with E-state index in [0.29, 0.717) is 34.0 Å². The van der Waals surface area contributed by atoms with Gasteiger partial charge in [-0.15, -0.1) is 0 Å². The van der Waals surface area contributed by atoms with Gasteiger partial charge in [0.05, 0.1) is 21.3 Å². The monoisotopic (exact) mass is 446 g/mol. The molecule has 4 amide bonds. The molecule has 0 bridgehead atoms. The summed E-state index contributed by atoms with van der Waals surface area (Å²) in [4.78, 5) is 43.3. The van der Waals surface area contributed by atoms with Gasteiger partial charge in [-0.05, 0) is 62.4 Å². The predicted octanol–water partition coefficient (Wildman–Crippen LogP) is 5.11. The number of rotatable bonds is 5. The Labute approximate surface area is 189 Å². The zero-order valence-electron chi connectivity index (χ0n) is 17.4. The largest absolute Gasteiger partial charge is 0.338 e. The average Bonchev–Trinajstić information content (AvgIpc) is 3.32. The van der Waals surface area contributed by atoms with Gasteiger partial charge in [-0.1, -0.05) is 35.1 Å². The van der Waals surface area contributed by atoms with Gasteiger partial charge in [-0.3, -0.25) is 9.59 Å². The third-order valence-corrected chi connectivity index (χ3v) is 6.74. The van der Waals surface area contributed by atoms with Crippen LogP contribution in [-0.2, 0) is 0 Å². The second-order valence-electron chi connectivity index (χ2n) is 7.91. The van der Waals surface area contributed by atoms with Gasteiger partial charge < -0.3 is 10.6 Å². The van der Waals surface area contributed by atoms with Crippen LogP contribution in [0.1, 0.15) is 52.8 Å². The summed E-state index contributed by atoms with van der Waals surface area (Å²) in [7, 11) is 0. The van der Waals surface area contributed by atoms with E-state index in [9.17, 15) is 14.4 Å². The van der Waals surface area contributed by atoms with Gasteiger partial charge in [0.15, 0.2) is 0 Å². The smallest absolute Gasteiger partial charge is 0.319 e. The number of allylic oxidation sites excluding steroid dienone is 1. The van der Waals surface area contributed by atoms with Crippen LogP contribution >= 0.6 is 11.3 Å². The molecule has 7 nitrogen and oxygen atoms in total. The van der Waals surface area contributed by atoms with Crippen LogP contribution in [0.5, 0.6) is 0 Å². The third-order valence-electron chi connectivity index (χ3n) is 5.74. The molecule has 0 spiro atoms. The van der Waals surface area contributed by atoms with Crippen molar-refractivity contribution in [2.45, 2.75) is 32.1 Å². The number of amides is 4. The first-order valence-electron chi connectivity index (χ1n) is 10.7. The maximum atomic E-state index is 12.7. The number of carbonyl (C=O) groups is 3. The Morgan fingerprint density at radius 1 is 1.06 bits per heavy atom. The summed E-state index contributed by atoms with van der Waals surface area (Å²) in [5.74, 6) is -0.731. The van der Waals surface area contributed by atoms with E-state index in [0.717, 1.165) is 28.9 Å². The maximum absolute atomic E-state index is 12.7. The minimum absolute atomic E-state index is 0.258. The summed E-state index contributed by atoms with van der Waals surface area (Å²) < 4.78 is 0.779. The highest BCUT2D eigenvalue weighted by atomic mass is 32.1. The number of hydrogen-bond donors (Lipinski definition) is 2. The van der Waals surface area contributed by atoms with Crippen molar-refractivity contribution >= 4 is 50.2 Å². The molecule has 0 radical (unpaired) electrons. The molecule has 8 heteroatoms. The molecule has 162 valence electrons. The summed E-state index contributed by atoms with van der Waals surface area (Å²) >= 11 is 1.24. The number of benzene rings is 2. The normalized spacial score (nSPS) is 15.6. The fourth-order valence-corrected chi connectivity index (χ4v) is 5.09. The van der Waals surface area contributed by atoms with Crippen molar-refractivity contribution in [1.29, 1.82) is 0 Å². The number of aromatic nitrogens is 1. The molecule has 0 atom stereocenters. The Bertz CT molecular complexity index is 1230. The fraction of sp³-hybridized carbons (Fsp3) is 0.250. The number of carbonyl (C=O) groups excluding carboxylic acids is 3. The minimum Gasteiger partial charge on any atom is -0.338 e. The van der Waals surface area contributed by atoms with Crippen molar-refractivity contribution < 1.29 is 14.4 Å². The van der Waals surface area contributed by atoms with E-state index in [1.165, 1.54) is 29.8 Å². The first-order chi connectivity index (χ1) is 15.6. The molecule has 0 saturated carbocycles. The van der Waals surface area contributed by atoms with Crippen LogP contribution < -0.4 is 15.5 Å². The van der Waals surface area contributed by atoms with Crippen molar-refractivity contribution in [1.82, 2.24) is 10.3 Å².